The van der Waals surface area contributed by atoms with E-state index < -0.39 is 0 Å². The summed E-state index contributed by atoms with van der Waals surface area (Å²) in [5.41, 5.74) is 0.374. The highest BCUT2D eigenvalue weighted by atomic mass is 35.5. The summed E-state index contributed by atoms with van der Waals surface area (Å²) in [5.74, 6) is -0.359. The molecule has 0 spiro atoms. The van der Waals surface area contributed by atoms with Crippen LogP contribution in [0.1, 0.15) is 5.56 Å². The van der Waals surface area contributed by atoms with Crippen LogP contribution in [0.2, 0.25) is 5.02 Å². The molecular formula is C7H5ClF. The summed E-state index contributed by atoms with van der Waals surface area (Å²) in [6.45, 7) is 3.43. The molecule has 2 heteroatoms. The van der Waals surface area contributed by atoms with Gasteiger partial charge in [0.05, 0.1) is 0 Å². The summed E-state index contributed by atoms with van der Waals surface area (Å²) in [6, 6.07) is 4.38. The van der Waals surface area contributed by atoms with E-state index in [0.29, 0.717) is 10.6 Å². The molecule has 0 atom stereocenters. The van der Waals surface area contributed by atoms with Crippen molar-refractivity contribution in [1.29, 1.82) is 0 Å². The minimum Gasteiger partial charge on any atom is -0.207 e. The Morgan fingerprint density at radius 1 is 1.44 bits per heavy atom. The summed E-state index contributed by atoms with van der Waals surface area (Å²) < 4.78 is 12.4. The van der Waals surface area contributed by atoms with Crippen LogP contribution in [0, 0.1) is 12.7 Å². The van der Waals surface area contributed by atoms with Gasteiger partial charge in [-0.3, -0.25) is 0 Å². The van der Waals surface area contributed by atoms with Gasteiger partial charge >= 0.3 is 0 Å². The Kier molecular flexibility index (Phi) is 1.72. The second-order valence-corrected chi connectivity index (χ2v) is 2.17. The quantitative estimate of drug-likeness (QED) is 0.524. The van der Waals surface area contributed by atoms with Crippen LogP contribution >= 0.6 is 11.6 Å². The molecule has 0 unspecified atom stereocenters. The van der Waals surface area contributed by atoms with Crippen LogP contribution in [0.3, 0.4) is 0 Å². The molecule has 0 aliphatic carbocycles. The fourth-order valence-electron chi connectivity index (χ4n) is 0.522. The van der Waals surface area contributed by atoms with Gasteiger partial charge in [-0.05, 0) is 24.6 Å². The molecule has 0 aliphatic rings. The van der Waals surface area contributed by atoms with Crippen molar-refractivity contribution in [2.75, 3.05) is 0 Å². The topological polar surface area (TPSA) is 0 Å². The first-order valence-electron chi connectivity index (χ1n) is 2.47. The fourth-order valence-corrected chi connectivity index (χ4v) is 0.680. The molecule has 0 fully saturated rings. The minimum absolute atomic E-state index is 0.359. The predicted octanol–water partition coefficient (Wildman–Crippen LogP) is 2.66. The molecule has 0 aliphatic heterocycles. The standard InChI is InChI=1S/C7H5ClF/c1-5-2-3-6(8)4-7(5)9/h2-4H,1H2. The minimum atomic E-state index is -0.359. The van der Waals surface area contributed by atoms with Crippen molar-refractivity contribution >= 4 is 11.6 Å². The van der Waals surface area contributed by atoms with Crippen LogP contribution in [0.15, 0.2) is 18.2 Å². The van der Waals surface area contributed by atoms with Crippen LogP contribution in [-0.2, 0) is 0 Å². The van der Waals surface area contributed by atoms with Crippen LogP contribution < -0.4 is 0 Å². The van der Waals surface area contributed by atoms with Gasteiger partial charge in [-0.25, -0.2) is 4.39 Å². The highest BCUT2D eigenvalue weighted by Crippen LogP contribution is 2.12. The van der Waals surface area contributed by atoms with E-state index in [0.717, 1.165) is 0 Å². The summed E-state index contributed by atoms with van der Waals surface area (Å²) >= 11 is 5.45. The van der Waals surface area contributed by atoms with Crippen LogP contribution in [0.25, 0.3) is 0 Å². The maximum atomic E-state index is 12.4. The molecule has 47 valence electrons. The first-order chi connectivity index (χ1) is 4.20. The second kappa shape index (κ2) is 2.36. The Labute approximate surface area is 58.3 Å². The summed E-state index contributed by atoms with van der Waals surface area (Å²) in [7, 11) is 0. The lowest BCUT2D eigenvalue weighted by atomic mass is 10.2. The average Bonchev–Trinajstić information content (AvgIpc) is 1.80. The summed E-state index contributed by atoms with van der Waals surface area (Å²) in [4.78, 5) is 0. The molecule has 0 aromatic heterocycles. The number of benzene rings is 1. The van der Waals surface area contributed by atoms with Gasteiger partial charge in [0.2, 0.25) is 0 Å². The zero-order valence-corrected chi connectivity index (χ0v) is 5.45. The van der Waals surface area contributed by atoms with Crippen molar-refractivity contribution in [3.8, 4) is 0 Å². The zero-order valence-electron chi connectivity index (χ0n) is 4.70. The molecule has 1 aromatic rings. The normalized spacial score (nSPS) is 9.67. The highest BCUT2D eigenvalue weighted by Gasteiger charge is 1.94. The largest absolute Gasteiger partial charge is 0.207 e. The zero-order chi connectivity index (χ0) is 6.85. The third-order valence-corrected chi connectivity index (χ3v) is 1.25. The fraction of sp³-hybridized carbons (Fsp3) is 0. The summed E-state index contributed by atoms with van der Waals surface area (Å²) in [6.07, 6.45) is 0. The molecule has 0 bridgehead atoms. The third-order valence-electron chi connectivity index (χ3n) is 1.02. The molecule has 1 radical (unpaired) electrons. The Morgan fingerprint density at radius 2 is 2.11 bits per heavy atom. The van der Waals surface area contributed by atoms with Gasteiger partial charge in [-0.2, -0.15) is 0 Å². The van der Waals surface area contributed by atoms with Gasteiger partial charge in [0.25, 0.3) is 0 Å². The van der Waals surface area contributed by atoms with Crippen molar-refractivity contribution in [3.05, 3.63) is 41.5 Å². The maximum absolute atomic E-state index is 12.4. The molecule has 1 aromatic carbocycles. The molecular weight excluding hydrogens is 139 g/mol. The van der Waals surface area contributed by atoms with Crippen molar-refractivity contribution in [3.63, 3.8) is 0 Å². The molecule has 0 saturated carbocycles. The first-order valence-corrected chi connectivity index (χ1v) is 2.85. The van der Waals surface area contributed by atoms with E-state index in [9.17, 15) is 4.39 Å². The number of rotatable bonds is 0. The lowest BCUT2D eigenvalue weighted by Crippen LogP contribution is -1.78. The van der Waals surface area contributed by atoms with Gasteiger partial charge in [0, 0.05) is 5.02 Å². The van der Waals surface area contributed by atoms with E-state index in [1.807, 2.05) is 0 Å². The van der Waals surface area contributed by atoms with Gasteiger partial charge in [0.15, 0.2) is 0 Å². The SMILES string of the molecule is [CH2]c1ccc(Cl)cc1F. The first kappa shape index (κ1) is 6.56. The molecule has 0 heterocycles. The van der Waals surface area contributed by atoms with E-state index in [2.05, 4.69) is 6.92 Å². The monoisotopic (exact) mass is 143 g/mol. The smallest absolute Gasteiger partial charge is 0.127 e. The Balaban J connectivity index is 3.17. The lowest BCUT2D eigenvalue weighted by Gasteiger charge is -1.93. The van der Waals surface area contributed by atoms with Crippen LogP contribution in [0.5, 0.6) is 0 Å². The Morgan fingerprint density at radius 3 is 2.56 bits per heavy atom. The molecule has 1 rings (SSSR count). The Bertz CT molecular complexity index is 220. The van der Waals surface area contributed by atoms with Crippen LogP contribution in [0.4, 0.5) is 4.39 Å². The number of halogens is 2. The van der Waals surface area contributed by atoms with Crippen molar-refractivity contribution in [1.82, 2.24) is 0 Å². The molecule has 0 N–H and O–H groups in total. The molecule has 0 amide bonds. The number of hydrogen-bond acceptors (Lipinski definition) is 0. The van der Waals surface area contributed by atoms with E-state index >= 15 is 0 Å². The van der Waals surface area contributed by atoms with E-state index in [1.165, 1.54) is 12.1 Å². The molecule has 9 heavy (non-hydrogen) atoms. The van der Waals surface area contributed by atoms with Gasteiger partial charge < -0.3 is 0 Å². The van der Waals surface area contributed by atoms with E-state index in [-0.39, 0.29) is 5.82 Å². The van der Waals surface area contributed by atoms with E-state index in [1.54, 1.807) is 6.07 Å². The van der Waals surface area contributed by atoms with Crippen LogP contribution in [-0.4, -0.2) is 0 Å². The van der Waals surface area contributed by atoms with E-state index in [4.69, 9.17) is 11.6 Å². The average molecular weight is 144 g/mol. The Hall–Kier alpha value is -0.560. The lowest BCUT2D eigenvalue weighted by molar-refractivity contribution is 0.623. The van der Waals surface area contributed by atoms with Gasteiger partial charge in [0.1, 0.15) is 5.82 Å². The second-order valence-electron chi connectivity index (χ2n) is 1.74. The van der Waals surface area contributed by atoms with Gasteiger partial charge in [-0.15, -0.1) is 0 Å². The van der Waals surface area contributed by atoms with Crippen molar-refractivity contribution in [2.45, 2.75) is 0 Å². The van der Waals surface area contributed by atoms with Crippen molar-refractivity contribution < 1.29 is 4.39 Å². The molecule has 0 saturated heterocycles. The highest BCUT2D eigenvalue weighted by molar-refractivity contribution is 6.30. The molecule has 0 nitrogen and oxygen atoms in total. The summed E-state index contributed by atoms with van der Waals surface area (Å²) in [5, 5.41) is 0.403. The maximum Gasteiger partial charge on any atom is 0.127 e. The van der Waals surface area contributed by atoms with Crippen molar-refractivity contribution in [2.24, 2.45) is 0 Å². The van der Waals surface area contributed by atoms with Gasteiger partial charge in [-0.1, -0.05) is 17.7 Å². The third kappa shape index (κ3) is 1.42. The predicted molar refractivity (Wildman–Crippen MR) is 35.9 cm³/mol. The number of hydrogen-bond donors (Lipinski definition) is 0.